The molecule has 1 amide bonds. The van der Waals surface area contributed by atoms with Crippen molar-refractivity contribution < 1.29 is 53.7 Å². The number of amides is 1. The largest absolute Gasteiger partial charge is 1.00 e. The molecule has 1 rings (SSSR count). The molecule has 0 fully saturated rings. The number of nitrogens with one attached hydrogen (secondary N) is 1. The van der Waals surface area contributed by atoms with Gasteiger partial charge in [0, 0.05) is 18.0 Å². The van der Waals surface area contributed by atoms with Gasteiger partial charge in [-0.05, 0) is 24.6 Å². The monoisotopic (exact) mass is 329 g/mol. The van der Waals surface area contributed by atoms with Crippen LogP contribution in [0.25, 0.3) is 0 Å². The van der Waals surface area contributed by atoms with E-state index in [1.807, 2.05) is 0 Å². The predicted octanol–water partition coefficient (Wildman–Crippen LogP) is -1.79. The summed E-state index contributed by atoms with van der Waals surface area (Å²) >= 11 is 6.22. The molecule has 1 aromatic rings. The zero-order valence-electron chi connectivity index (χ0n) is 11.4. The molecule has 0 aliphatic rings. The molecule has 1 aromatic carbocycles. The summed E-state index contributed by atoms with van der Waals surface area (Å²) in [6.07, 6.45) is 0. The second-order valence-corrected chi connectivity index (χ2v) is 4.60. The minimum Gasteiger partial charge on any atom is -0.691 e. The van der Waals surface area contributed by atoms with Crippen LogP contribution in [0.3, 0.4) is 0 Å². The van der Waals surface area contributed by atoms with E-state index >= 15 is 0 Å². The van der Waals surface area contributed by atoms with Gasteiger partial charge in [0.1, 0.15) is 5.75 Å². The van der Waals surface area contributed by atoms with Crippen LogP contribution < -0.4 is 44.9 Å². The first kappa shape index (κ1) is 20.0. The number of hydrogen-bond donors (Lipinski definition) is 1. The van der Waals surface area contributed by atoms with Crippen molar-refractivity contribution in [1.82, 2.24) is 5.32 Å². The topological polar surface area (TPSA) is 79.9 Å². The van der Waals surface area contributed by atoms with Crippen molar-refractivity contribution in [3.05, 3.63) is 23.3 Å². The molecule has 20 heavy (non-hydrogen) atoms. The third kappa shape index (κ3) is 5.79. The first-order chi connectivity index (χ1) is 9.13. The molecule has 0 aliphatic heterocycles. The van der Waals surface area contributed by atoms with Crippen molar-refractivity contribution >= 4 is 29.6 Å². The number of aryl methyl sites for hydroxylation is 1. The van der Waals surface area contributed by atoms with E-state index in [4.69, 9.17) is 16.3 Å². The molecule has 0 saturated carbocycles. The first-order valence-electron chi connectivity index (χ1n) is 5.30. The van der Waals surface area contributed by atoms with Gasteiger partial charge in [0.25, 0.3) is 5.91 Å². The minimum absolute atomic E-state index is 0. The van der Waals surface area contributed by atoms with Gasteiger partial charge in [-0.1, -0.05) is 0 Å². The third-order valence-electron chi connectivity index (χ3n) is 2.29. The number of methoxy groups -OCH3 is 1. The Hall–Kier alpha value is 0.01000. The fourth-order valence-electron chi connectivity index (χ4n) is 1.44. The quantitative estimate of drug-likeness (QED) is 0.209. The van der Waals surface area contributed by atoms with Crippen LogP contribution in [-0.4, -0.2) is 25.4 Å². The van der Waals surface area contributed by atoms with Gasteiger partial charge < -0.3 is 15.3 Å². The van der Waals surface area contributed by atoms with Gasteiger partial charge in [-0.15, -0.1) is 11.6 Å². The Labute approximate surface area is 148 Å². The van der Waals surface area contributed by atoms with Crippen LogP contribution >= 0.6 is 23.6 Å². The number of benzene rings is 1. The van der Waals surface area contributed by atoms with Crippen molar-refractivity contribution in [3.8, 4) is 5.75 Å². The Balaban J connectivity index is 0.00000361. The summed E-state index contributed by atoms with van der Waals surface area (Å²) < 4.78 is 9.37. The summed E-state index contributed by atoms with van der Waals surface area (Å²) in [4.78, 5) is 12.4. The molecule has 0 aliphatic carbocycles. The van der Waals surface area contributed by atoms with Crippen molar-refractivity contribution in [1.29, 1.82) is 0 Å². The molecule has 0 radical (unpaired) electrons. The van der Waals surface area contributed by atoms with E-state index in [2.05, 4.69) is 14.7 Å². The van der Waals surface area contributed by atoms with E-state index in [9.17, 15) is 10.1 Å². The number of hydrogen-bond acceptors (Lipinski definition) is 6. The van der Waals surface area contributed by atoms with Gasteiger partial charge in [0.15, 0.2) is 0 Å². The van der Waals surface area contributed by atoms with Gasteiger partial charge in [0.2, 0.25) is 0 Å². The molecule has 106 valence electrons. The number of rotatable bonds is 7. The Morgan fingerprint density at radius 2 is 2.20 bits per heavy atom. The van der Waals surface area contributed by atoms with Crippen LogP contribution in [0.1, 0.15) is 15.9 Å². The van der Waals surface area contributed by atoms with Crippen LogP contribution in [0.2, 0.25) is 0 Å². The van der Waals surface area contributed by atoms with Crippen LogP contribution in [0.15, 0.2) is 17.0 Å². The molecule has 0 atom stereocenters. The maximum absolute atomic E-state index is 11.9. The van der Waals surface area contributed by atoms with Gasteiger partial charge in [-0.2, -0.15) is 4.33 Å². The number of carbonyl (C=O) groups excluding carboxylic acids is 1. The molecule has 0 aromatic heterocycles. The Kier molecular flexibility index (Phi) is 10.7. The summed E-state index contributed by atoms with van der Waals surface area (Å²) in [5.41, 5.74) is 1.18. The average Bonchev–Trinajstić information content (AvgIpc) is 2.42. The molecule has 6 nitrogen and oxygen atoms in total. The average molecular weight is 330 g/mol. The molecular weight excluding hydrogens is 317 g/mol. The maximum Gasteiger partial charge on any atom is 1.00 e. The normalized spacial score (nSPS) is 9.80. The molecular formula is C11H13ClNNaO5S. The number of carbonyl (C=O) groups is 1. The smallest absolute Gasteiger partial charge is 0.691 e. The summed E-state index contributed by atoms with van der Waals surface area (Å²) in [7, 11) is 1.45. The maximum atomic E-state index is 11.9. The van der Waals surface area contributed by atoms with Gasteiger partial charge in [-0.3, -0.25) is 9.83 Å². The van der Waals surface area contributed by atoms with Crippen LogP contribution in [0.4, 0.5) is 0 Å². The first-order valence-corrected chi connectivity index (χ1v) is 6.57. The third-order valence-corrected chi connectivity index (χ3v) is 3.10. The molecule has 0 bridgehead atoms. The van der Waals surface area contributed by atoms with Gasteiger partial charge in [0.05, 0.1) is 24.0 Å². The van der Waals surface area contributed by atoms with E-state index in [1.54, 1.807) is 19.1 Å². The van der Waals surface area contributed by atoms with E-state index in [0.717, 1.165) is 0 Å². The zero-order chi connectivity index (χ0) is 14.3. The van der Waals surface area contributed by atoms with Crippen molar-refractivity contribution in [2.45, 2.75) is 11.8 Å². The standard InChI is InChI=1S/C11H14ClNO5S.Na/c1-7-5-10(19-18-17-15)9(16-2)6-8(7)11(14)13-4-3-12;/h5-6,15H,3-4H2,1-2H3,(H,13,14);/q;+1/p-1. The molecule has 9 heteroatoms. The van der Waals surface area contributed by atoms with Gasteiger partial charge >= 0.3 is 29.6 Å². The zero-order valence-corrected chi connectivity index (χ0v) is 15.0. The fourth-order valence-corrected chi connectivity index (χ4v) is 2.08. The summed E-state index contributed by atoms with van der Waals surface area (Å²) in [5.74, 6) is 0.502. The summed E-state index contributed by atoms with van der Waals surface area (Å²) in [5, 5.41) is 15.8. The Bertz CT molecular complexity index is 449. The van der Waals surface area contributed by atoms with E-state index in [1.165, 1.54) is 7.11 Å². The summed E-state index contributed by atoms with van der Waals surface area (Å²) in [6.45, 7) is 2.14. The number of ether oxygens (including phenoxy) is 1. The van der Waals surface area contributed by atoms with E-state index in [0.29, 0.717) is 46.2 Å². The number of alkyl halides is 1. The molecule has 0 saturated heterocycles. The summed E-state index contributed by atoms with van der Waals surface area (Å²) in [6, 6.07) is 3.23. The number of halogens is 1. The van der Waals surface area contributed by atoms with Crippen LogP contribution in [-0.2, 0) is 9.37 Å². The Morgan fingerprint density at radius 3 is 2.75 bits per heavy atom. The van der Waals surface area contributed by atoms with Crippen LogP contribution in [0.5, 0.6) is 5.75 Å². The molecule has 0 unspecified atom stereocenters. The molecule has 0 spiro atoms. The second-order valence-electron chi connectivity index (χ2n) is 3.48. The van der Waals surface area contributed by atoms with E-state index < -0.39 is 0 Å². The van der Waals surface area contributed by atoms with Crippen molar-refractivity contribution in [2.24, 2.45) is 0 Å². The SMILES string of the molecule is COc1cc(C(=O)NCCCl)c(C)cc1SOO[O-].[Na+]. The van der Waals surface area contributed by atoms with Crippen molar-refractivity contribution in [3.63, 3.8) is 0 Å². The minimum atomic E-state index is -0.242. The van der Waals surface area contributed by atoms with E-state index in [-0.39, 0.29) is 35.5 Å². The second kappa shape index (κ2) is 10.7. The van der Waals surface area contributed by atoms with Crippen molar-refractivity contribution in [2.75, 3.05) is 19.5 Å². The van der Waals surface area contributed by atoms with Crippen LogP contribution in [0, 0.1) is 6.92 Å². The Morgan fingerprint density at radius 1 is 1.50 bits per heavy atom. The molecule has 0 heterocycles. The molecule has 1 N–H and O–H groups in total. The fraction of sp³-hybridized carbons (Fsp3) is 0.364. The predicted molar refractivity (Wildman–Crippen MR) is 68.8 cm³/mol. The van der Waals surface area contributed by atoms with Gasteiger partial charge in [-0.25, -0.2) is 0 Å².